The largest absolute Gasteiger partial charge is 0.389 e. The zero-order valence-electron chi connectivity index (χ0n) is 22.4. The number of nitrogens with zero attached hydrogens (tertiary/aromatic N) is 7. The van der Waals surface area contributed by atoms with Crippen molar-refractivity contribution in [3.63, 3.8) is 0 Å². The molecule has 1 aromatic carbocycles. The number of aliphatic hydroxyl groups excluding tert-OH is 1. The van der Waals surface area contributed by atoms with Crippen molar-refractivity contribution in [3.8, 4) is 11.3 Å². The Hall–Kier alpha value is -3.61. The van der Waals surface area contributed by atoms with Crippen molar-refractivity contribution in [2.24, 2.45) is 0 Å². The smallest absolute Gasteiger partial charge is 0.236 e. The van der Waals surface area contributed by atoms with E-state index in [-0.39, 0.29) is 17.4 Å². The van der Waals surface area contributed by atoms with E-state index in [0.29, 0.717) is 52.2 Å². The molecule has 40 heavy (non-hydrogen) atoms. The third-order valence-electron chi connectivity index (χ3n) is 7.59. The van der Waals surface area contributed by atoms with Crippen LogP contribution in [0.3, 0.4) is 0 Å². The fourth-order valence-corrected chi connectivity index (χ4v) is 6.07. The van der Waals surface area contributed by atoms with Crippen LogP contribution in [-0.4, -0.2) is 94.1 Å². The summed E-state index contributed by atoms with van der Waals surface area (Å²) in [6.45, 7) is 5.84. The van der Waals surface area contributed by atoms with E-state index in [1.165, 1.54) is 29.5 Å². The summed E-state index contributed by atoms with van der Waals surface area (Å²) in [5, 5.41) is 12.1. The molecule has 0 radical (unpaired) electrons. The number of likely N-dealkylation sites (tertiary alicyclic amines) is 1. The highest BCUT2D eigenvalue weighted by molar-refractivity contribution is 7.14. The lowest BCUT2D eigenvalue weighted by molar-refractivity contribution is -0.142. The van der Waals surface area contributed by atoms with Crippen molar-refractivity contribution in [1.82, 2.24) is 24.2 Å². The maximum absolute atomic E-state index is 15.4. The van der Waals surface area contributed by atoms with E-state index in [1.54, 1.807) is 21.4 Å². The number of aryl methyl sites for hydroxylation is 1. The molecule has 0 bridgehead atoms. The van der Waals surface area contributed by atoms with Gasteiger partial charge >= 0.3 is 0 Å². The second kappa shape index (κ2) is 10.8. The molecule has 0 spiro atoms. The van der Waals surface area contributed by atoms with Crippen LogP contribution in [0.15, 0.2) is 41.9 Å². The Morgan fingerprint density at radius 1 is 1.12 bits per heavy atom. The molecular weight excluding hydrogens is 536 g/mol. The van der Waals surface area contributed by atoms with Gasteiger partial charge in [-0.05, 0) is 30.7 Å². The van der Waals surface area contributed by atoms with E-state index in [2.05, 4.69) is 14.8 Å². The van der Waals surface area contributed by atoms with Gasteiger partial charge in [0.2, 0.25) is 5.91 Å². The van der Waals surface area contributed by atoms with Crippen LogP contribution in [0.5, 0.6) is 0 Å². The minimum Gasteiger partial charge on any atom is -0.389 e. The first-order valence-corrected chi connectivity index (χ1v) is 14.3. The van der Waals surface area contributed by atoms with Crippen molar-refractivity contribution < 1.29 is 18.7 Å². The van der Waals surface area contributed by atoms with Crippen LogP contribution in [0.25, 0.3) is 16.9 Å². The number of fused-ring (bicyclic) bond motifs is 1. The van der Waals surface area contributed by atoms with E-state index in [9.17, 15) is 14.3 Å². The number of β-amino-alcohol motifs (C(OH)–C–C–N with tert-alkyl or cyclic N) is 1. The lowest BCUT2D eigenvalue weighted by atomic mass is 10.1. The molecule has 1 amide bonds. The Morgan fingerprint density at radius 3 is 2.52 bits per heavy atom. The van der Waals surface area contributed by atoms with Crippen molar-refractivity contribution in [1.29, 1.82) is 0 Å². The zero-order chi connectivity index (χ0) is 28.0. The summed E-state index contributed by atoms with van der Waals surface area (Å²) in [7, 11) is 1.90. The molecule has 2 aliphatic rings. The topological polar surface area (TPSA) is 80.5 Å². The molecule has 0 saturated carbocycles. The summed E-state index contributed by atoms with van der Waals surface area (Å²) in [5.41, 5.74) is 3.34. The van der Waals surface area contributed by atoms with Crippen LogP contribution in [0.4, 0.5) is 25.4 Å². The van der Waals surface area contributed by atoms with Gasteiger partial charge in [0.25, 0.3) is 0 Å². The minimum absolute atomic E-state index is 0.0363. The second-order valence-corrected chi connectivity index (χ2v) is 11.1. The first-order valence-electron chi connectivity index (χ1n) is 13.4. The van der Waals surface area contributed by atoms with Gasteiger partial charge in [0.15, 0.2) is 16.6 Å². The normalized spacial score (nSPS) is 16.5. The number of amides is 1. The van der Waals surface area contributed by atoms with Gasteiger partial charge in [0, 0.05) is 69.5 Å². The molecule has 0 aliphatic carbocycles. The van der Waals surface area contributed by atoms with Gasteiger partial charge in [-0.1, -0.05) is 6.92 Å². The number of thiazole rings is 1. The molecule has 9 nitrogen and oxygen atoms in total. The van der Waals surface area contributed by atoms with E-state index in [4.69, 9.17) is 4.98 Å². The van der Waals surface area contributed by atoms with Gasteiger partial charge in [-0.3, -0.25) is 14.1 Å². The summed E-state index contributed by atoms with van der Waals surface area (Å²) in [6.07, 6.45) is 2.14. The molecule has 210 valence electrons. The highest BCUT2D eigenvalue weighted by Gasteiger charge is 2.30. The van der Waals surface area contributed by atoms with Crippen LogP contribution in [0.1, 0.15) is 12.6 Å². The fourth-order valence-electron chi connectivity index (χ4n) is 5.27. The predicted octanol–water partition coefficient (Wildman–Crippen LogP) is 3.39. The van der Waals surface area contributed by atoms with Crippen LogP contribution >= 0.6 is 11.3 Å². The summed E-state index contributed by atoms with van der Waals surface area (Å²) in [4.78, 5) is 29.6. The van der Waals surface area contributed by atoms with Crippen molar-refractivity contribution in [2.75, 3.05) is 62.7 Å². The number of aliphatic hydroxyl groups is 1. The standard InChI is InChI=1S/C28H31F2N7O2S/c1-3-23-27(33(2)28-32-24(17-40-28)18-4-6-19(29)7-5-18)37-13-20(12-22(30)26(37)31-23)35-10-8-34(9-11-35)16-25(39)36-14-21(38)15-36/h4-7,12-13,17,21,38H,3,8-11,14-16H2,1-2H3. The van der Waals surface area contributed by atoms with Crippen LogP contribution < -0.4 is 9.80 Å². The monoisotopic (exact) mass is 567 g/mol. The Morgan fingerprint density at radius 2 is 1.85 bits per heavy atom. The molecule has 1 N–H and O–H groups in total. The van der Waals surface area contributed by atoms with Gasteiger partial charge in [-0.15, -0.1) is 11.3 Å². The average molecular weight is 568 g/mol. The molecule has 5 heterocycles. The number of carbonyl (C=O) groups is 1. The van der Waals surface area contributed by atoms with Crippen LogP contribution in [-0.2, 0) is 11.2 Å². The number of imidazole rings is 1. The number of aromatic nitrogens is 3. The molecular formula is C28H31F2N7O2S. The van der Waals surface area contributed by atoms with Gasteiger partial charge in [0.1, 0.15) is 11.6 Å². The maximum atomic E-state index is 15.4. The SMILES string of the molecule is CCc1nc2c(F)cc(N3CCN(CC(=O)N4CC(O)C4)CC3)cn2c1N(C)c1nc(-c2ccc(F)cc2)cs1. The third kappa shape index (κ3) is 5.02. The van der Waals surface area contributed by atoms with Crippen LogP contribution in [0, 0.1) is 11.6 Å². The van der Waals surface area contributed by atoms with Gasteiger partial charge < -0.3 is 19.8 Å². The quantitative estimate of drug-likeness (QED) is 0.367. The number of halogens is 2. The minimum atomic E-state index is -0.404. The van der Waals surface area contributed by atoms with Crippen molar-refractivity contribution >= 4 is 39.5 Å². The zero-order valence-corrected chi connectivity index (χ0v) is 23.2. The van der Waals surface area contributed by atoms with Gasteiger partial charge in [-0.2, -0.15) is 0 Å². The Balaban J connectivity index is 1.23. The number of benzene rings is 1. The number of rotatable bonds is 7. The number of carbonyl (C=O) groups excluding carboxylic acids is 1. The summed E-state index contributed by atoms with van der Waals surface area (Å²) < 4.78 is 30.6. The Labute approximate surface area is 234 Å². The second-order valence-electron chi connectivity index (χ2n) is 10.3. The van der Waals surface area contributed by atoms with E-state index >= 15 is 4.39 Å². The number of hydrogen-bond donors (Lipinski definition) is 1. The first kappa shape index (κ1) is 26.6. The molecule has 0 unspecified atom stereocenters. The lowest BCUT2D eigenvalue weighted by Crippen LogP contribution is -2.57. The molecule has 3 aromatic heterocycles. The molecule has 2 saturated heterocycles. The van der Waals surface area contributed by atoms with Gasteiger partial charge in [-0.25, -0.2) is 18.7 Å². The van der Waals surface area contributed by atoms with E-state index < -0.39 is 11.9 Å². The Kier molecular flexibility index (Phi) is 7.15. The highest BCUT2D eigenvalue weighted by Crippen LogP contribution is 2.35. The fraction of sp³-hybridized carbons (Fsp3) is 0.393. The van der Waals surface area contributed by atoms with Crippen molar-refractivity contribution in [3.05, 3.63) is 59.2 Å². The number of pyridine rings is 1. The van der Waals surface area contributed by atoms with Crippen molar-refractivity contribution in [2.45, 2.75) is 19.4 Å². The summed E-state index contributed by atoms with van der Waals surface area (Å²) in [6, 6.07) is 7.76. The first-order chi connectivity index (χ1) is 19.3. The number of hydrogen-bond acceptors (Lipinski definition) is 8. The number of piperazine rings is 1. The van der Waals surface area contributed by atoms with Gasteiger partial charge in [0.05, 0.1) is 29.7 Å². The predicted molar refractivity (Wildman–Crippen MR) is 151 cm³/mol. The molecule has 2 aliphatic heterocycles. The Bertz CT molecular complexity index is 1530. The highest BCUT2D eigenvalue weighted by atomic mass is 32.1. The maximum Gasteiger partial charge on any atom is 0.236 e. The summed E-state index contributed by atoms with van der Waals surface area (Å²) >= 11 is 1.46. The summed E-state index contributed by atoms with van der Waals surface area (Å²) in [5.74, 6) is 0.0927. The molecule has 12 heteroatoms. The lowest BCUT2D eigenvalue weighted by Gasteiger charge is -2.39. The average Bonchev–Trinajstić information content (AvgIpc) is 3.57. The van der Waals surface area contributed by atoms with E-state index in [1.807, 2.05) is 30.4 Å². The molecule has 2 fully saturated rings. The molecule has 6 rings (SSSR count). The molecule has 4 aromatic rings. The van der Waals surface area contributed by atoms with E-state index in [0.717, 1.165) is 33.6 Å². The third-order valence-corrected chi connectivity index (χ3v) is 8.50. The number of anilines is 3. The molecule has 0 atom stereocenters. The van der Waals surface area contributed by atoms with Crippen LogP contribution in [0.2, 0.25) is 0 Å².